The van der Waals surface area contributed by atoms with Crippen molar-refractivity contribution < 1.29 is 14.3 Å². The van der Waals surface area contributed by atoms with Crippen molar-refractivity contribution >= 4 is 12.0 Å². The van der Waals surface area contributed by atoms with E-state index in [0.29, 0.717) is 19.0 Å². The summed E-state index contributed by atoms with van der Waals surface area (Å²) in [5.74, 6) is 0.0930. The van der Waals surface area contributed by atoms with E-state index in [1.807, 2.05) is 47.4 Å². The molecule has 0 spiro atoms. The first-order valence-corrected chi connectivity index (χ1v) is 12.1. The Morgan fingerprint density at radius 3 is 2.38 bits per heavy atom. The fourth-order valence-corrected chi connectivity index (χ4v) is 4.58. The van der Waals surface area contributed by atoms with E-state index in [4.69, 9.17) is 4.74 Å². The molecule has 1 heterocycles. The molecule has 0 bridgehead atoms. The van der Waals surface area contributed by atoms with Crippen molar-refractivity contribution in [2.45, 2.75) is 50.8 Å². The van der Waals surface area contributed by atoms with Gasteiger partial charge >= 0.3 is 6.09 Å². The Morgan fingerprint density at radius 2 is 1.62 bits per heavy atom. The molecule has 1 aliphatic heterocycles. The molecule has 2 fully saturated rings. The van der Waals surface area contributed by atoms with Gasteiger partial charge < -0.3 is 15.0 Å². The first kappa shape index (κ1) is 22.2. The molecule has 2 amide bonds. The molecule has 1 saturated heterocycles. The van der Waals surface area contributed by atoms with Crippen LogP contribution in [0.2, 0.25) is 0 Å². The zero-order valence-corrected chi connectivity index (χ0v) is 19.3. The molecule has 1 saturated carbocycles. The topological polar surface area (TPSA) is 58.6 Å². The minimum atomic E-state index is -0.257. The van der Waals surface area contributed by atoms with Crippen molar-refractivity contribution in [2.75, 3.05) is 6.54 Å². The van der Waals surface area contributed by atoms with Gasteiger partial charge in [-0.25, -0.2) is 4.79 Å². The van der Waals surface area contributed by atoms with Gasteiger partial charge in [0.2, 0.25) is 5.91 Å². The summed E-state index contributed by atoms with van der Waals surface area (Å²) in [6.07, 6.45) is 4.25. The molecule has 5 nitrogen and oxygen atoms in total. The zero-order valence-electron chi connectivity index (χ0n) is 19.3. The summed E-state index contributed by atoms with van der Waals surface area (Å²) >= 11 is 0. The number of nitrogens with one attached hydrogen (secondary N) is 1. The molecule has 1 atom stereocenters. The van der Waals surface area contributed by atoms with E-state index < -0.39 is 0 Å². The molecule has 0 radical (unpaired) electrons. The van der Waals surface area contributed by atoms with Gasteiger partial charge in [-0.3, -0.25) is 4.79 Å². The van der Waals surface area contributed by atoms with E-state index in [-0.39, 0.29) is 24.6 Å². The van der Waals surface area contributed by atoms with Gasteiger partial charge in [0, 0.05) is 12.6 Å². The van der Waals surface area contributed by atoms with Crippen LogP contribution < -0.4 is 5.32 Å². The number of nitrogens with zero attached hydrogens (tertiary/aromatic N) is 1. The molecule has 1 aliphatic carbocycles. The number of carbonyl (C=O) groups is 2. The Bertz CT molecular complexity index is 1140. The molecule has 1 N–H and O–H groups in total. The largest absolute Gasteiger partial charge is 0.445 e. The van der Waals surface area contributed by atoms with Crippen LogP contribution in [0.1, 0.15) is 48.4 Å². The van der Waals surface area contributed by atoms with Crippen LogP contribution in [0.5, 0.6) is 0 Å². The fraction of sp³-hybridized carbons (Fsp3) is 0.310. The smallest absolute Gasteiger partial charge is 0.410 e. The summed E-state index contributed by atoms with van der Waals surface area (Å²) in [4.78, 5) is 26.8. The fourth-order valence-electron chi connectivity index (χ4n) is 4.58. The maximum absolute atomic E-state index is 12.8. The second kappa shape index (κ2) is 10.1. The van der Waals surface area contributed by atoms with E-state index in [1.165, 1.54) is 0 Å². The number of carbonyl (C=O) groups excluding carboxylic acids is 2. The lowest BCUT2D eigenvalue weighted by Gasteiger charge is -2.24. The van der Waals surface area contributed by atoms with Crippen LogP contribution in [-0.4, -0.2) is 29.5 Å². The van der Waals surface area contributed by atoms with Crippen molar-refractivity contribution in [3.63, 3.8) is 0 Å². The number of benzene rings is 3. The van der Waals surface area contributed by atoms with Crippen molar-refractivity contribution in [3.05, 3.63) is 95.6 Å². The van der Waals surface area contributed by atoms with Crippen LogP contribution in [0.3, 0.4) is 0 Å². The highest BCUT2D eigenvalue weighted by Crippen LogP contribution is 2.34. The summed E-state index contributed by atoms with van der Waals surface area (Å²) in [5.41, 5.74) is 5.32. The van der Waals surface area contributed by atoms with Crippen molar-refractivity contribution in [1.82, 2.24) is 10.2 Å². The Morgan fingerprint density at radius 1 is 0.853 bits per heavy atom. The van der Waals surface area contributed by atoms with Gasteiger partial charge in [-0.15, -0.1) is 0 Å². The van der Waals surface area contributed by atoms with E-state index in [0.717, 1.165) is 53.5 Å². The SMILES string of the molecule is O=C(Cc1cccc(-c2ccc(C3CCCN3C(=O)OCc3ccccc3)cc2)c1)NC1CC1. The summed E-state index contributed by atoms with van der Waals surface area (Å²) in [6, 6.07) is 26.8. The highest BCUT2D eigenvalue weighted by molar-refractivity contribution is 5.80. The van der Waals surface area contributed by atoms with Gasteiger partial charge in [0.05, 0.1) is 12.5 Å². The molecule has 1 unspecified atom stereocenters. The lowest BCUT2D eigenvalue weighted by Crippen LogP contribution is -2.31. The third-order valence-corrected chi connectivity index (χ3v) is 6.56. The molecule has 3 aromatic rings. The van der Waals surface area contributed by atoms with Crippen LogP contribution in [0.25, 0.3) is 11.1 Å². The minimum Gasteiger partial charge on any atom is -0.445 e. The molecular formula is C29H30N2O3. The second-order valence-corrected chi connectivity index (χ2v) is 9.23. The minimum absolute atomic E-state index is 0.0368. The van der Waals surface area contributed by atoms with E-state index in [9.17, 15) is 9.59 Å². The normalized spacial score (nSPS) is 17.4. The maximum Gasteiger partial charge on any atom is 0.410 e. The maximum atomic E-state index is 12.8. The number of amides is 2. The second-order valence-electron chi connectivity index (χ2n) is 9.23. The highest BCUT2D eigenvalue weighted by atomic mass is 16.6. The number of hydrogen-bond donors (Lipinski definition) is 1. The Balaban J connectivity index is 1.23. The molecule has 174 valence electrons. The Kier molecular flexibility index (Phi) is 6.61. The van der Waals surface area contributed by atoms with Crippen molar-refractivity contribution in [1.29, 1.82) is 0 Å². The predicted octanol–water partition coefficient (Wildman–Crippen LogP) is 5.65. The van der Waals surface area contributed by atoms with Crippen LogP contribution in [-0.2, 0) is 22.6 Å². The number of hydrogen-bond acceptors (Lipinski definition) is 3. The standard InChI is InChI=1S/C29H30N2O3/c32-28(30-26-15-16-26)19-22-8-4-9-25(18-22)23-11-13-24(14-12-23)27-10-5-17-31(27)29(33)34-20-21-6-2-1-3-7-21/h1-4,6-9,11-14,18,26-27H,5,10,15-17,19-20H2,(H,30,32). The zero-order chi connectivity index (χ0) is 23.3. The lowest BCUT2D eigenvalue weighted by molar-refractivity contribution is -0.120. The monoisotopic (exact) mass is 454 g/mol. The summed E-state index contributed by atoms with van der Waals surface area (Å²) in [6.45, 7) is 1.00. The summed E-state index contributed by atoms with van der Waals surface area (Å²) in [5, 5.41) is 3.05. The predicted molar refractivity (Wildman–Crippen MR) is 132 cm³/mol. The highest BCUT2D eigenvalue weighted by Gasteiger charge is 2.31. The van der Waals surface area contributed by atoms with E-state index >= 15 is 0 Å². The van der Waals surface area contributed by atoms with E-state index in [2.05, 4.69) is 41.7 Å². The molecule has 5 heteroatoms. The third-order valence-electron chi connectivity index (χ3n) is 6.56. The number of ether oxygens (including phenoxy) is 1. The first-order valence-electron chi connectivity index (χ1n) is 12.1. The molecular weight excluding hydrogens is 424 g/mol. The molecule has 3 aromatic carbocycles. The molecule has 2 aliphatic rings. The van der Waals surface area contributed by atoms with Gasteiger partial charge in [-0.2, -0.15) is 0 Å². The van der Waals surface area contributed by atoms with Gasteiger partial charge in [0.1, 0.15) is 6.61 Å². The van der Waals surface area contributed by atoms with Crippen molar-refractivity contribution in [2.24, 2.45) is 0 Å². The molecule has 5 rings (SSSR count). The van der Waals surface area contributed by atoms with Crippen molar-refractivity contribution in [3.8, 4) is 11.1 Å². The van der Waals surface area contributed by atoms with Gasteiger partial charge in [0.25, 0.3) is 0 Å². The van der Waals surface area contributed by atoms with E-state index in [1.54, 1.807) is 0 Å². The molecule has 0 aromatic heterocycles. The van der Waals surface area contributed by atoms with Gasteiger partial charge in [0.15, 0.2) is 0 Å². The Hall–Kier alpha value is -3.60. The first-order chi connectivity index (χ1) is 16.7. The average molecular weight is 455 g/mol. The van der Waals surface area contributed by atoms with Gasteiger partial charge in [-0.1, -0.05) is 78.9 Å². The lowest BCUT2D eigenvalue weighted by atomic mass is 9.98. The quantitative estimate of drug-likeness (QED) is 0.502. The Labute approximate surface area is 200 Å². The molecule has 34 heavy (non-hydrogen) atoms. The number of rotatable bonds is 7. The van der Waals surface area contributed by atoms with Crippen LogP contribution in [0.15, 0.2) is 78.9 Å². The summed E-state index contributed by atoms with van der Waals surface area (Å²) in [7, 11) is 0. The van der Waals surface area contributed by atoms with Gasteiger partial charge in [-0.05, 0) is 53.5 Å². The average Bonchev–Trinajstić information content (AvgIpc) is 3.54. The summed E-state index contributed by atoms with van der Waals surface area (Å²) < 4.78 is 5.58. The third kappa shape index (κ3) is 5.48. The van der Waals surface area contributed by atoms with Crippen LogP contribution in [0, 0.1) is 0 Å². The van der Waals surface area contributed by atoms with Crippen LogP contribution in [0.4, 0.5) is 4.79 Å². The number of likely N-dealkylation sites (tertiary alicyclic amines) is 1. The van der Waals surface area contributed by atoms with Crippen LogP contribution >= 0.6 is 0 Å².